The van der Waals surface area contributed by atoms with E-state index in [0.29, 0.717) is 21.8 Å². The van der Waals surface area contributed by atoms with Crippen LogP contribution in [0.1, 0.15) is 10.4 Å². The third kappa shape index (κ3) is 5.37. The van der Waals surface area contributed by atoms with Crippen LogP contribution < -0.4 is 4.72 Å². The van der Waals surface area contributed by atoms with Crippen LogP contribution in [0.4, 0.5) is 5.69 Å². The number of nitrogens with zero attached hydrogens (tertiary/aromatic N) is 2. The SMILES string of the molecule is O=C(CSc1nnc(-c2ccc(NS(=O)(=O)c3ccccc3)cc2)o1)c1ccc(Cl)cc1. The molecule has 0 fully saturated rings. The number of nitrogens with one attached hydrogen (secondary N) is 1. The number of sulfonamides is 1. The second-order valence-electron chi connectivity index (χ2n) is 6.59. The molecule has 0 bridgehead atoms. The molecule has 0 amide bonds. The van der Waals surface area contributed by atoms with Crippen LogP contribution in [0.5, 0.6) is 0 Å². The summed E-state index contributed by atoms with van der Waals surface area (Å²) in [7, 11) is -3.67. The lowest BCUT2D eigenvalue weighted by atomic mass is 10.1. The highest BCUT2D eigenvalue weighted by molar-refractivity contribution is 7.99. The van der Waals surface area contributed by atoms with E-state index < -0.39 is 10.0 Å². The van der Waals surface area contributed by atoms with Crippen molar-refractivity contribution in [2.45, 2.75) is 10.1 Å². The number of Topliss-reactive ketones (excluding diaryl/α,β-unsaturated/α-hetero) is 1. The van der Waals surface area contributed by atoms with Crippen LogP contribution in [0.3, 0.4) is 0 Å². The maximum atomic E-state index is 12.4. The van der Waals surface area contributed by atoms with Crippen LogP contribution >= 0.6 is 23.4 Å². The molecule has 0 aliphatic heterocycles. The van der Waals surface area contributed by atoms with E-state index in [2.05, 4.69) is 14.9 Å². The van der Waals surface area contributed by atoms with E-state index in [1.165, 1.54) is 12.1 Å². The number of benzene rings is 3. The molecule has 0 radical (unpaired) electrons. The van der Waals surface area contributed by atoms with Crippen molar-refractivity contribution in [3.63, 3.8) is 0 Å². The van der Waals surface area contributed by atoms with E-state index in [4.69, 9.17) is 16.0 Å². The molecule has 162 valence electrons. The number of aromatic nitrogens is 2. The number of rotatable bonds is 8. The molecule has 0 saturated carbocycles. The van der Waals surface area contributed by atoms with Gasteiger partial charge in [0.1, 0.15) is 0 Å². The third-order valence-electron chi connectivity index (χ3n) is 4.34. The Bertz CT molecular complexity index is 1320. The molecule has 1 heterocycles. The molecule has 0 atom stereocenters. The summed E-state index contributed by atoms with van der Waals surface area (Å²) in [6, 6.07) is 21.3. The summed E-state index contributed by atoms with van der Waals surface area (Å²) in [5, 5.41) is 8.78. The Hall–Kier alpha value is -3.14. The Morgan fingerprint density at radius 1 is 0.938 bits per heavy atom. The van der Waals surface area contributed by atoms with Crippen molar-refractivity contribution in [1.29, 1.82) is 0 Å². The lowest BCUT2D eigenvalue weighted by Crippen LogP contribution is -2.12. The van der Waals surface area contributed by atoms with Gasteiger partial charge in [-0.25, -0.2) is 8.42 Å². The topological polar surface area (TPSA) is 102 Å². The lowest BCUT2D eigenvalue weighted by molar-refractivity contribution is 0.102. The minimum Gasteiger partial charge on any atom is -0.411 e. The summed E-state index contributed by atoms with van der Waals surface area (Å²) >= 11 is 6.97. The first-order valence-corrected chi connectivity index (χ1v) is 12.2. The van der Waals surface area contributed by atoms with E-state index in [0.717, 1.165) is 11.8 Å². The van der Waals surface area contributed by atoms with E-state index in [-0.39, 0.29) is 27.5 Å². The molecule has 0 aliphatic rings. The van der Waals surface area contributed by atoms with Gasteiger partial charge in [0, 0.05) is 21.8 Å². The fourth-order valence-electron chi connectivity index (χ4n) is 2.73. The quantitative estimate of drug-likeness (QED) is 0.271. The second-order valence-corrected chi connectivity index (χ2v) is 9.63. The molecule has 1 N–H and O–H groups in total. The molecule has 0 aliphatic carbocycles. The Morgan fingerprint density at radius 2 is 1.62 bits per heavy atom. The summed E-state index contributed by atoms with van der Waals surface area (Å²) in [5.41, 5.74) is 1.58. The highest BCUT2D eigenvalue weighted by Crippen LogP contribution is 2.26. The normalized spacial score (nSPS) is 11.3. The summed E-state index contributed by atoms with van der Waals surface area (Å²) in [5.74, 6) is 0.328. The molecule has 0 spiro atoms. The summed E-state index contributed by atoms with van der Waals surface area (Å²) < 4.78 is 33.0. The number of thioether (sulfide) groups is 1. The first-order valence-electron chi connectivity index (χ1n) is 9.34. The van der Waals surface area contributed by atoms with Crippen molar-refractivity contribution in [3.8, 4) is 11.5 Å². The minimum absolute atomic E-state index is 0.0820. The number of hydrogen-bond donors (Lipinski definition) is 1. The van der Waals surface area contributed by atoms with Crippen LogP contribution in [0.15, 0.2) is 93.4 Å². The largest absolute Gasteiger partial charge is 0.411 e. The maximum absolute atomic E-state index is 12.4. The average Bonchev–Trinajstić information content (AvgIpc) is 3.28. The maximum Gasteiger partial charge on any atom is 0.277 e. The number of halogens is 1. The average molecular weight is 486 g/mol. The first kappa shape index (κ1) is 22.1. The summed E-state index contributed by atoms with van der Waals surface area (Å²) in [6.45, 7) is 0. The number of hydrogen-bond acceptors (Lipinski definition) is 7. The van der Waals surface area contributed by atoms with Gasteiger partial charge in [-0.1, -0.05) is 41.6 Å². The van der Waals surface area contributed by atoms with E-state index in [9.17, 15) is 13.2 Å². The Balaban J connectivity index is 1.39. The van der Waals surface area contributed by atoms with Crippen molar-refractivity contribution in [1.82, 2.24) is 10.2 Å². The predicted octanol–water partition coefficient (Wildman–Crippen LogP) is 5.17. The molecule has 10 heteroatoms. The number of carbonyl (C=O) groups is 1. The van der Waals surface area contributed by atoms with Crippen molar-refractivity contribution in [3.05, 3.63) is 89.4 Å². The number of anilines is 1. The van der Waals surface area contributed by atoms with Crippen molar-refractivity contribution < 1.29 is 17.6 Å². The second kappa shape index (κ2) is 9.56. The van der Waals surface area contributed by atoms with Crippen molar-refractivity contribution >= 4 is 44.9 Å². The molecular formula is C22H16ClN3O4S2. The zero-order valence-electron chi connectivity index (χ0n) is 16.4. The smallest absolute Gasteiger partial charge is 0.277 e. The van der Waals surface area contributed by atoms with Gasteiger partial charge in [0.25, 0.3) is 15.2 Å². The van der Waals surface area contributed by atoms with Crippen molar-refractivity contribution in [2.75, 3.05) is 10.5 Å². The fourth-order valence-corrected chi connectivity index (χ4v) is 4.59. The Labute approximate surface area is 193 Å². The van der Waals surface area contributed by atoms with Gasteiger partial charge in [-0.05, 0) is 60.7 Å². The summed E-state index contributed by atoms with van der Waals surface area (Å²) in [6.07, 6.45) is 0. The Kier molecular flexibility index (Phi) is 6.59. The third-order valence-corrected chi connectivity index (χ3v) is 6.80. The van der Waals surface area contributed by atoms with Gasteiger partial charge in [0.05, 0.1) is 10.6 Å². The molecular weight excluding hydrogens is 470 g/mol. The monoisotopic (exact) mass is 485 g/mol. The fraction of sp³-hybridized carbons (Fsp3) is 0.0455. The highest BCUT2D eigenvalue weighted by atomic mass is 35.5. The lowest BCUT2D eigenvalue weighted by Gasteiger charge is -2.08. The van der Waals surface area contributed by atoms with Crippen LogP contribution in [0.25, 0.3) is 11.5 Å². The zero-order valence-corrected chi connectivity index (χ0v) is 18.8. The predicted molar refractivity (Wildman–Crippen MR) is 123 cm³/mol. The molecule has 3 aromatic carbocycles. The minimum atomic E-state index is -3.67. The summed E-state index contributed by atoms with van der Waals surface area (Å²) in [4.78, 5) is 12.4. The van der Waals surface area contributed by atoms with Crippen LogP contribution in [-0.4, -0.2) is 30.2 Å². The van der Waals surface area contributed by atoms with Gasteiger partial charge >= 0.3 is 0 Å². The van der Waals surface area contributed by atoms with Gasteiger partial charge in [-0.3, -0.25) is 9.52 Å². The molecule has 4 rings (SSSR count). The molecule has 32 heavy (non-hydrogen) atoms. The van der Waals surface area contributed by atoms with Crippen molar-refractivity contribution in [2.24, 2.45) is 0 Å². The molecule has 0 saturated heterocycles. The zero-order chi connectivity index (χ0) is 22.6. The van der Waals surface area contributed by atoms with E-state index >= 15 is 0 Å². The van der Waals surface area contributed by atoms with Crippen LogP contribution in [0.2, 0.25) is 5.02 Å². The molecule has 4 aromatic rings. The van der Waals surface area contributed by atoms with Gasteiger partial charge in [0.2, 0.25) is 5.89 Å². The van der Waals surface area contributed by atoms with Gasteiger partial charge < -0.3 is 4.42 Å². The van der Waals surface area contributed by atoms with Gasteiger partial charge in [0.15, 0.2) is 5.78 Å². The highest BCUT2D eigenvalue weighted by Gasteiger charge is 2.15. The van der Waals surface area contributed by atoms with Crippen LogP contribution in [-0.2, 0) is 10.0 Å². The standard InChI is InChI=1S/C22H16ClN3O4S2/c23-17-10-6-15(7-11-17)20(27)14-31-22-25-24-21(30-22)16-8-12-18(13-9-16)26-32(28,29)19-4-2-1-3-5-19/h1-13,26H,14H2. The van der Waals surface area contributed by atoms with E-state index in [1.807, 2.05) is 0 Å². The van der Waals surface area contributed by atoms with E-state index in [1.54, 1.807) is 66.7 Å². The molecule has 7 nitrogen and oxygen atoms in total. The van der Waals surface area contributed by atoms with Gasteiger partial charge in [-0.2, -0.15) is 0 Å². The molecule has 0 unspecified atom stereocenters. The van der Waals surface area contributed by atoms with Crippen LogP contribution in [0, 0.1) is 0 Å². The number of carbonyl (C=O) groups excluding carboxylic acids is 1. The van der Waals surface area contributed by atoms with Gasteiger partial charge in [-0.15, -0.1) is 10.2 Å². The Morgan fingerprint density at radius 3 is 2.31 bits per heavy atom. The number of ketones is 1. The molecule has 1 aromatic heterocycles. The first-order chi connectivity index (χ1) is 15.4.